The zero-order chi connectivity index (χ0) is 23.5. The number of hydrogen-bond donors (Lipinski definition) is 1. The second-order valence-corrected chi connectivity index (χ2v) is 9.33. The second kappa shape index (κ2) is 9.97. The third kappa shape index (κ3) is 4.44. The molecule has 2 aliphatic rings. The number of nitrogens with zero attached hydrogens (tertiary/aromatic N) is 4. The van der Waals surface area contributed by atoms with Gasteiger partial charge in [0.2, 0.25) is 0 Å². The van der Waals surface area contributed by atoms with Crippen molar-refractivity contribution in [1.82, 2.24) is 24.4 Å². The molecule has 178 valence electrons. The monoisotopic (exact) mass is 459 g/mol. The smallest absolute Gasteiger partial charge is 0.279 e. The van der Waals surface area contributed by atoms with Gasteiger partial charge in [-0.15, -0.1) is 0 Å². The number of carbonyl (C=O) groups excluding carboxylic acids is 1. The van der Waals surface area contributed by atoms with E-state index in [0.717, 1.165) is 50.0 Å². The summed E-state index contributed by atoms with van der Waals surface area (Å²) in [5, 5.41) is 7.41. The Labute approximate surface area is 200 Å². The number of carbonyl (C=O) groups is 1. The van der Waals surface area contributed by atoms with Gasteiger partial charge in [0.05, 0.1) is 11.8 Å². The lowest BCUT2D eigenvalue weighted by Crippen LogP contribution is -2.38. The number of rotatable bonds is 7. The van der Waals surface area contributed by atoms with Crippen LogP contribution in [0.15, 0.2) is 53.0 Å². The minimum absolute atomic E-state index is 0.112. The van der Waals surface area contributed by atoms with Gasteiger partial charge in [-0.3, -0.25) is 14.5 Å². The number of allylic oxidation sites excluding steroid dienone is 1. The molecular formula is C27H33N5O2. The van der Waals surface area contributed by atoms with Gasteiger partial charge in [0.15, 0.2) is 5.65 Å². The third-order valence-electron chi connectivity index (χ3n) is 7.10. The topological polar surface area (TPSA) is 71.6 Å². The van der Waals surface area contributed by atoms with Crippen LogP contribution in [0.4, 0.5) is 0 Å². The Morgan fingerprint density at radius 3 is 2.76 bits per heavy atom. The van der Waals surface area contributed by atoms with Crippen molar-refractivity contribution in [2.45, 2.75) is 65.1 Å². The molecule has 0 atom stereocenters. The fourth-order valence-corrected chi connectivity index (χ4v) is 5.34. The van der Waals surface area contributed by atoms with Crippen LogP contribution in [0, 0.1) is 0 Å². The average Bonchev–Trinajstić information content (AvgIpc) is 3.31. The van der Waals surface area contributed by atoms with Gasteiger partial charge in [-0.1, -0.05) is 42.0 Å². The molecule has 34 heavy (non-hydrogen) atoms. The van der Waals surface area contributed by atoms with E-state index in [1.807, 2.05) is 18.2 Å². The lowest BCUT2D eigenvalue weighted by molar-refractivity contribution is 0.0955. The van der Waals surface area contributed by atoms with Gasteiger partial charge in [-0.2, -0.15) is 9.61 Å². The first-order chi connectivity index (χ1) is 16.7. The first kappa shape index (κ1) is 22.6. The van der Waals surface area contributed by atoms with Crippen LogP contribution >= 0.6 is 0 Å². The van der Waals surface area contributed by atoms with Crippen LogP contribution in [0.5, 0.6) is 0 Å². The van der Waals surface area contributed by atoms with Crippen LogP contribution in [0.25, 0.3) is 5.65 Å². The van der Waals surface area contributed by atoms with Crippen LogP contribution in [-0.4, -0.2) is 38.1 Å². The number of hydrogen-bond acceptors (Lipinski definition) is 4. The van der Waals surface area contributed by atoms with Crippen molar-refractivity contribution in [3.63, 3.8) is 0 Å². The Morgan fingerprint density at radius 2 is 2.00 bits per heavy atom. The van der Waals surface area contributed by atoms with Crippen molar-refractivity contribution in [1.29, 1.82) is 0 Å². The second-order valence-electron chi connectivity index (χ2n) is 9.33. The van der Waals surface area contributed by atoms with E-state index in [2.05, 4.69) is 45.0 Å². The van der Waals surface area contributed by atoms with Gasteiger partial charge in [-0.05, 0) is 44.6 Å². The molecule has 7 heteroatoms. The summed E-state index contributed by atoms with van der Waals surface area (Å²) in [5.74, 6) is -0.158. The quantitative estimate of drug-likeness (QED) is 0.547. The normalized spacial score (nSPS) is 16.3. The van der Waals surface area contributed by atoms with E-state index in [4.69, 9.17) is 0 Å². The molecule has 3 heterocycles. The fourth-order valence-electron chi connectivity index (χ4n) is 5.34. The Balaban J connectivity index is 1.39. The van der Waals surface area contributed by atoms with Crippen LogP contribution in [0.2, 0.25) is 0 Å². The van der Waals surface area contributed by atoms with Crippen molar-refractivity contribution in [2.24, 2.45) is 0 Å². The highest BCUT2D eigenvalue weighted by molar-refractivity contribution is 5.99. The van der Waals surface area contributed by atoms with Crippen LogP contribution < -0.4 is 10.9 Å². The lowest BCUT2D eigenvalue weighted by Gasteiger charge is -2.30. The van der Waals surface area contributed by atoms with Crippen LogP contribution in [0.3, 0.4) is 0 Å². The van der Waals surface area contributed by atoms with E-state index < -0.39 is 0 Å². The highest BCUT2D eigenvalue weighted by atomic mass is 16.2. The zero-order valence-corrected chi connectivity index (χ0v) is 19.9. The molecule has 1 N–H and O–H groups in total. The first-order valence-corrected chi connectivity index (χ1v) is 12.5. The van der Waals surface area contributed by atoms with E-state index in [-0.39, 0.29) is 11.5 Å². The Bertz CT molecular complexity index is 1270. The van der Waals surface area contributed by atoms with E-state index in [0.29, 0.717) is 30.8 Å². The van der Waals surface area contributed by atoms with Crippen LogP contribution in [-0.2, 0) is 26.1 Å². The predicted molar refractivity (Wildman–Crippen MR) is 133 cm³/mol. The molecule has 0 saturated heterocycles. The molecule has 3 aromatic rings. The van der Waals surface area contributed by atoms with Gasteiger partial charge >= 0.3 is 0 Å². The molecule has 2 aromatic heterocycles. The van der Waals surface area contributed by atoms with Gasteiger partial charge in [0.25, 0.3) is 11.5 Å². The average molecular weight is 460 g/mol. The molecule has 7 nitrogen and oxygen atoms in total. The SMILES string of the molecule is CCn1c2c(c(=O)n3ncc(C(=O)NCCC4=CCCCC4)c13)CN(Cc1ccccc1)CC2. The summed E-state index contributed by atoms with van der Waals surface area (Å²) in [6.07, 6.45) is 10.3. The minimum atomic E-state index is -0.158. The van der Waals surface area contributed by atoms with Crippen molar-refractivity contribution in [3.8, 4) is 0 Å². The molecule has 5 rings (SSSR count). The maximum absolute atomic E-state index is 13.4. The number of amides is 1. The van der Waals surface area contributed by atoms with Gasteiger partial charge in [0.1, 0.15) is 5.56 Å². The number of fused-ring (bicyclic) bond motifs is 2. The van der Waals surface area contributed by atoms with E-state index in [9.17, 15) is 9.59 Å². The summed E-state index contributed by atoms with van der Waals surface area (Å²) in [5.41, 5.74) is 5.47. The summed E-state index contributed by atoms with van der Waals surface area (Å²) >= 11 is 0. The van der Waals surface area contributed by atoms with Crippen molar-refractivity contribution < 1.29 is 4.79 Å². The maximum atomic E-state index is 13.4. The van der Waals surface area contributed by atoms with Gasteiger partial charge < -0.3 is 9.88 Å². The van der Waals surface area contributed by atoms with Crippen molar-refractivity contribution in [2.75, 3.05) is 13.1 Å². The number of aromatic nitrogens is 3. The fraction of sp³-hybridized carbons (Fsp3) is 0.444. The molecule has 0 bridgehead atoms. The molecular weight excluding hydrogens is 426 g/mol. The number of nitrogens with one attached hydrogen (secondary N) is 1. The molecule has 1 aliphatic carbocycles. The number of benzene rings is 1. The highest BCUT2D eigenvalue weighted by Crippen LogP contribution is 2.22. The van der Waals surface area contributed by atoms with Crippen LogP contribution in [0.1, 0.15) is 66.2 Å². The molecule has 1 aromatic carbocycles. The summed E-state index contributed by atoms with van der Waals surface area (Å²) in [4.78, 5) is 28.8. The molecule has 0 saturated carbocycles. The Morgan fingerprint density at radius 1 is 1.15 bits per heavy atom. The summed E-state index contributed by atoms with van der Waals surface area (Å²) in [7, 11) is 0. The molecule has 0 radical (unpaired) electrons. The minimum Gasteiger partial charge on any atom is -0.352 e. The van der Waals surface area contributed by atoms with Gasteiger partial charge in [0, 0.05) is 44.8 Å². The standard InChI is InChI=1S/C27H33N5O2/c1-2-31-24-14-16-30(18-21-11-7-4-8-12-21)19-23(24)27(34)32-26(31)22(17-29-32)25(33)28-15-13-20-9-5-3-6-10-20/h4,7-9,11-12,17H,2-3,5-6,10,13-16,18-19H2,1H3,(H,28,33). The summed E-state index contributed by atoms with van der Waals surface area (Å²) < 4.78 is 3.54. The Hall–Kier alpha value is -3.19. The molecule has 0 unspecified atom stereocenters. The zero-order valence-electron chi connectivity index (χ0n) is 19.9. The molecule has 1 amide bonds. The third-order valence-corrected chi connectivity index (χ3v) is 7.10. The van der Waals surface area contributed by atoms with Crippen molar-refractivity contribution in [3.05, 3.63) is 80.9 Å². The Kier molecular flexibility index (Phi) is 6.63. The summed E-state index contributed by atoms with van der Waals surface area (Å²) in [6.45, 7) is 5.64. The lowest BCUT2D eigenvalue weighted by atomic mass is 9.97. The predicted octanol–water partition coefficient (Wildman–Crippen LogP) is 3.69. The summed E-state index contributed by atoms with van der Waals surface area (Å²) in [6, 6.07) is 10.3. The molecule has 0 spiro atoms. The maximum Gasteiger partial charge on any atom is 0.279 e. The van der Waals surface area contributed by atoms with E-state index in [1.165, 1.54) is 28.5 Å². The van der Waals surface area contributed by atoms with E-state index >= 15 is 0 Å². The highest BCUT2D eigenvalue weighted by Gasteiger charge is 2.27. The molecule has 0 fully saturated rings. The van der Waals surface area contributed by atoms with Crippen molar-refractivity contribution >= 4 is 11.6 Å². The largest absolute Gasteiger partial charge is 0.352 e. The number of aryl methyl sites for hydroxylation is 1. The van der Waals surface area contributed by atoms with Gasteiger partial charge in [-0.25, -0.2) is 0 Å². The molecule has 1 aliphatic heterocycles. The van der Waals surface area contributed by atoms with E-state index in [1.54, 1.807) is 6.20 Å². The first-order valence-electron chi connectivity index (χ1n) is 12.5.